The third-order valence-corrected chi connectivity index (χ3v) is 8.10. The molecule has 5 aromatic carbocycles. The maximum atomic E-state index is 12.5. The second-order valence-corrected chi connectivity index (χ2v) is 10.6. The van der Waals surface area contributed by atoms with Gasteiger partial charge in [-0.1, -0.05) is 133 Å². The summed E-state index contributed by atoms with van der Waals surface area (Å²) in [6, 6.07) is 43.6. The zero-order valence-electron chi connectivity index (χ0n) is 23.0. The Bertz CT molecular complexity index is 1730. The summed E-state index contributed by atoms with van der Waals surface area (Å²) in [7, 11) is 0. The van der Waals surface area contributed by atoms with E-state index in [9.17, 15) is 10.1 Å². The molecule has 0 amide bonds. The van der Waals surface area contributed by atoms with Gasteiger partial charge in [0, 0.05) is 29.6 Å². The van der Waals surface area contributed by atoms with Crippen LogP contribution in [0.15, 0.2) is 133 Å². The number of fused-ring (bicyclic) bond motifs is 1. The Kier molecular flexibility index (Phi) is 7.57. The standard InChI is InChI=1S/C35H29ClN4O2/c1-25(26-14-6-2-7-15-26)37-24-27-22-31-33(23-32(27)40(41)42)39(38-34(31)36)35(28-16-8-3-9-17-28,29-18-10-4-11-19-29)30-20-12-5-13-21-30/h2-23,25,37H,24H2,1H3/t25-/m1/s1. The zero-order chi connectivity index (χ0) is 29.1. The normalized spacial score (nSPS) is 12.3. The lowest BCUT2D eigenvalue weighted by atomic mass is 9.77. The first kappa shape index (κ1) is 27.4. The third-order valence-electron chi connectivity index (χ3n) is 7.82. The van der Waals surface area contributed by atoms with Gasteiger partial charge >= 0.3 is 0 Å². The fourth-order valence-electron chi connectivity index (χ4n) is 5.75. The Labute approximate surface area is 249 Å². The largest absolute Gasteiger partial charge is 0.306 e. The Morgan fingerprint density at radius 2 is 1.29 bits per heavy atom. The molecule has 0 aliphatic carbocycles. The van der Waals surface area contributed by atoms with E-state index in [2.05, 4.69) is 41.7 Å². The average Bonchev–Trinajstić information content (AvgIpc) is 3.37. The van der Waals surface area contributed by atoms with Gasteiger partial charge in [-0.25, -0.2) is 4.68 Å². The van der Waals surface area contributed by atoms with E-state index in [0.29, 0.717) is 23.0 Å². The number of halogens is 1. The number of nitro benzene ring substituents is 1. The second kappa shape index (κ2) is 11.6. The lowest BCUT2D eigenvalue weighted by Crippen LogP contribution is -2.38. The molecule has 6 nitrogen and oxygen atoms in total. The van der Waals surface area contributed by atoms with Crippen LogP contribution in [0.4, 0.5) is 5.69 Å². The topological polar surface area (TPSA) is 73.0 Å². The molecule has 0 unspecified atom stereocenters. The van der Waals surface area contributed by atoms with Gasteiger partial charge in [-0.2, -0.15) is 5.10 Å². The van der Waals surface area contributed by atoms with Crippen molar-refractivity contribution in [3.63, 3.8) is 0 Å². The van der Waals surface area contributed by atoms with Crippen molar-refractivity contribution in [2.24, 2.45) is 0 Å². The molecule has 0 bridgehead atoms. The predicted molar refractivity (Wildman–Crippen MR) is 168 cm³/mol. The molecule has 6 rings (SSSR count). The summed E-state index contributed by atoms with van der Waals surface area (Å²) in [6.45, 7) is 2.34. The van der Waals surface area contributed by atoms with Crippen LogP contribution < -0.4 is 5.32 Å². The predicted octanol–water partition coefficient (Wildman–Crippen LogP) is 8.29. The van der Waals surface area contributed by atoms with E-state index in [1.54, 1.807) is 12.1 Å². The van der Waals surface area contributed by atoms with Crippen LogP contribution in [-0.4, -0.2) is 14.7 Å². The SMILES string of the molecule is C[C@@H](NCc1cc2c(Cl)nn(C(c3ccccc3)(c3ccccc3)c3ccccc3)c2cc1[N+](=O)[O-])c1ccccc1. The smallest absolute Gasteiger partial charge is 0.276 e. The Morgan fingerprint density at radius 3 is 1.76 bits per heavy atom. The van der Waals surface area contributed by atoms with Crippen LogP contribution >= 0.6 is 11.6 Å². The summed E-state index contributed by atoms with van der Waals surface area (Å²) in [6.07, 6.45) is 0. The molecule has 208 valence electrons. The summed E-state index contributed by atoms with van der Waals surface area (Å²) in [5.41, 5.74) is 4.13. The van der Waals surface area contributed by atoms with Gasteiger partial charge in [0.15, 0.2) is 5.15 Å². The number of nitro groups is 1. The van der Waals surface area contributed by atoms with Gasteiger partial charge in [0.25, 0.3) is 5.69 Å². The van der Waals surface area contributed by atoms with Crippen molar-refractivity contribution in [2.45, 2.75) is 25.0 Å². The lowest BCUT2D eigenvalue weighted by molar-refractivity contribution is -0.385. The van der Waals surface area contributed by atoms with Crippen LogP contribution in [0.25, 0.3) is 10.9 Å². The highest BCUT2D eigenvalue weighted by Gasteiger charge is 2.41. The number of hydrogen-bond acceptors (Lipinski definition) is 4. The fraction of sp³-hybridized carbons (Fsp3) is 0.114. The molecule has 0 fully saturated rings. The molecule has 0 spiro atoms. The Balaban J connectivity index is 1.58. The maximum absolute atomic E-state index is 12.5. The van der Waals surface area contributed by atoms with E-state index in [0.717, 1.165) is 22.3 Å². The van der Waals surface area contributed by atoms with Crippen LogP contribution in [0.5, 0.6) is 0 Å². The van der Waals surface area contributed by atoms with E-state index in [1.165, 1.54) is 0 Å². The van der Waals surface area contributed by atoms with Crippen molar-refractivity contribution in [1.29, 1.82) is 0 Å². The summed E-state index contributed by atoms with van der Waals surface area (Å²) in [5.74, 6) is 0. The molecule has 1 atom stereocenters. The number of aromatic nitrogens is 2. The number of rotatable bonds is 9. The molecule has 1 aromatic heterocycles. The van der Waals surface area contributed by atoms with Crippen molar-refractivity contribution in [3.05, 3.63) is 177 Å². The fourth-order valence-corrected chi connectivity index (χ4v) is 5.98. The van der Waals surface area contributed by atoms with Gasteiger partial charge in [0.05, 0.1) is 10.4 Å². The monoisotopic (exact) mass is 572 g/mol. The highest BCUT2D eigenvalue weighted by molar-refractivity contribution is 6.34. The number of hydrogen-bond donors (Lipinski definition) is 1. The summed E-state index contributed by atoms with van der Waals surface area (Å²) < 4.78 is 1.85. The molecule has 1 N–H and O–H groups in total. The zero-order valence-corrected chi connectivity index (χ0v) is 23.8. The number of nitrogens with one attached hydrogen (secondary N) is 1. The van der Waals surface area contributed by atoms with Gasteiger partial charge in [-0.15, -0.1) is 0 Å². The summed E-state index contributed by atoms with van der Waals surface area (Å²) >= 11 is 6.89. The van der Waals surface area contributed by atoms with Gasteiger partial charge in [0.1, 0.15) is 5.54 Å². The minimum atomic E-state index is -0.954. The van der Waals surface area contributed by atoms with Crippen molar-refractivity contribution < 1.29 is 4.92 Å². The van der Waals surface area contributed by atoms with E-state index in [4.69, 9.17) is 16.7 Å². The highest BCUT2D eigenvalue weighted by atomic mass is 35.5. The van der Waals surface area contributed by atoms with E-state index in [1.807, 2.05) is 96.5 Å². The Morgan fingerprint density at radius 1 is 0.810 bits per heavy atom. The highest BCUT2D eigenvalue weighted by Crippen LogP contribution is 2.44. The Hall–Kier alpha value is -4.78. The molecule has 0 saturated heterocycles. The minimum absolute atomic E-state index is 0.00147. The molecular formula is C35H29ClN4O2. The van der Waals surface area contributed by atoms with Crippen LogP contribution in [0.2, 0.25) is 5.15 Å². The molecule has 0 aliphatic rings. The quantitative estimate of drug-likeness (QED) is 0.107. The van der Waals surface area contributed by atoms with Gasteiger partial charge < -0.3 is 5.32 Å². The molecule has 7 heteroatoms. The van der Waals surface area contributed by atoms with Gasteiger partial charge in [-0.05, 0) is 35.2 Å². The van der Waals surface area contributed by atoms with Crippen LogP contribution in [0.1, 0.15) is 40.8 Å². The van der Waals surface area contributed by atoms with Gasteiger partial charge in [0.2, 0.25) is 0 Å². The van der Waals surface area contributed by atoms with E-state index >= 15 is 0 Å². The van der Waals surface area contributed by atoms with Crippen LogP contribution in [-0.2, 0) is 12.1 Å². The third kappa shape index (κ3) is 4.85. The molecule has 42 heavy (non-hydrogen) atoms. The van der Waals surface area contributed by atoms with E-state index < -0.39 is 5.54 Å². The van der Waals surface area contributed by atoms with Crippen LogP contribution in [0.3, 0.4) is 0 Å². The molecular weight excluding hydrogens is 544 g/mol. The summed E-state index contributed by atoms with van der Waals surface area (Å²) in [4.78, 5) is 12.1. The first-order valence-electron chi connectivity index (χ1n) is 13.8. The lowest BCUT2D eigenvalue weighted by Gasteiger charge is -2.37. The van der Waals surface area contributed by atoms with E-state index in [-0.39, 0.29) is 21.8 Å². The van der Waals surface area contributed by atoms with Gasteiger partial charge in [-0.3, -0.25) is 10.1 Å². The molecule has 0 radical (unpaired) electrons. The van der Waals surface area contributed by atoms with Crippen molar-refractivity contribution >= 4 is 28.2 Å². The first-order valence-corrected chi connectivity index (χ1v) is 14.2. The first-order chi connectivity index (χ1) is 20.5. The molecule has 0 saturated carbocycles. The van der Waals surface area contributed by atoms with Crippen molar-refractivity contribution in [3.8, 4) is 0 Å². The average molecular weight is 573 g/mol. The molecule has 0 aliphatic heterocycles. The van der Waals surface area contributed by atoms with Crippen molar-refractivity contribution in [1.82, 2.24) is 15.1 Å². The second-order valence-electron chi connectivity index (χ2n) is 10.3. The number of nitrogens with zero attached hydrogens (tertiary/aromatic N) is 3. The summed E-state index contributed by atoms with van der Waals surface area (Å²) in [5, 5.41) is 21.8. The molecule has 1 heterocycles. The van der Waals surface area contributed by atoms with Crippen molar-refractivity contribution in [2.75, 3.05) is 0 Å². The van der Waals surface area contributed by atoms with Crippen LogP contribution in [0, 0.1) is 10.1 Å². The minimum Gasteiger partial charge on any atom is -0.306 e. The molecule has 6 aromatic rings. The maximum Gasteiger partial charge on any atom is 0.276 e. The number of benzene rings is 5.